The van der Waals surface area contributed by atoms with E-state index in [0.717, 1.165) is 19.3 Å². The highest BCUT2D eigenvalue weighted by Gasteiger charge is 2.39. The number of unbranched alkanes of at least 4 members (excludes halogenated alkanes) is 1. The summed E-state index contributed by atoms with van der Waals surface area (Å²) in [5.74, 6) is -0.399. The van der Waals surface area contributed by atoms with Gasteiger partial charge >= 0.3 is 0 Å². The van der Waals surface area contributed by atoms with Crippen molar-refractivity contribution in [2.45, 2.75) is 44.8 Å². The van der Waals surface area contributed by atoms with Crippen molar-refractivity contribution in [2.24, 2.45) is 5.92 Å². The summed E-state index contributed by atoms with van der Waals surface area (Å²) in [5, 5.41) is 18.5. The number of aliphatic hydroxyl groups excluding tert-OH is 2. The summed E-state index contributed by atoms with van der Waals surface area (Å²) >= 11 is 0. The maximum Gasteiger partial charge on any atom is 0.189 e. The lowest BCUT2D eigenvalue weighted by Gasteiger charge is -2.10. The van der Waals surface area contributed by atoms with Crippen molar-refractivity contribution in [1.82, 2.24) is 0 Å². The molecule has 3 unspecified atom stereocenters. The molecule has 2 N–H and O–H groups in total. The van der Waals surface area contributed by atoms with Crippen LogP contribution in [0.4, 0.5) is 0 Å². The number of rotatable bonds is 3. The summed E-state index contributed by atoms with van der Waals surface area (Å²) in [5.41, 5.74) is 0. The summed E-state index contributed by atoms with van der Waals surface area (Å²) in [7, 11) is 0. The zero-order chi connectivity index (χ0) is 9.14. The molecule has 12 heavy (non-hydrogen) atoms. The molecular weight excluding hydrogens is 156 g/mol. The van der Waals surface area contributed by atoms with Gasteiger partial charge in [0.2, 0.25) is 0 Å². The third-order valence-electron chi connectivity index (χ3n) is 2.52. The molecule has 3 nitrogen and oxygen atoms in total. The van der Waals surface area contributed by atoms with E-state index in [-0.39, 0.29) is 5.92 Å². The second kappa shape index (κ2) is 4.01. The summed E-state index contributed by atoms with van der Waals surface area (Å²) < 4.78 is 0. The number of aliphatic hydroxyl groups is 2. The van der Waals surface area contributed by atoms with Crippen molar-refractivity contribution in [1.29, 1.82) is 0 Å². The third-order valence-corrected chi connectivity index (χ3v) is 2.52. The average Bonchev–Trinajstić information content (AvgIpc) is 2.30. The maximum absolute atomic E-state index is 11.0. The Morgan fingerprint density at radius 2 is 2.17 bits per heavy atom. The molecule has 0 aromatic heterocycles. The van der Waals surface area contributed by atoms with Crippen LogP contribution in [0.5, 0.6) is 0 Å². The molecule has 1 aliphatic carbocycles. The molecule has 0 spiro atoms. The van der Waals surface area contributed by atoms with Gasteiger partial charge in [0.1, 0.15) is 12.2 Å². The first-order chi connectivity index (χ1) is 5.66. The fourth-order valence-corrected chi connectivity index (χ4v) is 1.70. The fourth-order valence-electron chi connectivity index (χ4n) is 1.70. The average molecular weight is 172 g/mol. The highest BCUT2D eigenvalue weighted by molar-refractivity contribution is 5.89. The van der Waals surface area contributed by atoms with E-state index in [1.54, 1.807) is 0 Å². The standard InChI is InChI=1S/C9H16O3/c1-2-3-4-6-5-7(10)9(12)8(6)11/h6-8,10-11H,2-5H2,1H3. The molecule has 0 saturated heterocycles. The number of hydrogen-bond donors (Lipinski definition) is 2. The third kappa shape index (κ3) is 1.84. The van der Waals surface area contributed by atoms with Crippen molar-refractivity contribution < 1.29 is 15.0 Å². The topological polar surface area (TPSA) is 57.5 Å². The van der Waals surface area contributed by atoms with Crippen LogP contribution in [0.15, 0.2) is 0 Å². The molecule has 1 aliphatic rings. The summed E-state index contributed by atoms with van der Waals surface area (Å²) in [6, 6.07) is 0. The number of carbonyl (C=O) groups excluding carboxylic acids is 1. The van der Waals surface area contributed by atoms with E-state index in [4.69, 9.17) is 5.11 Å². The van der Waals surface area contributed by atoms with E-state index < -0.39 is 18.0 Å². The molecule has 3 atom stereocenters. The fraction of sp³-hybridized carbons (Fsp3) is 0.889. The molecule has 0 aliphatic heterocycles. The molecule has 70 valence electrons. The first-order valence-electron chi connectivity index (χ1n) is 4.56. The second-order valence-electron chi connectivity index (χ2n) is 3.50. The summed E-state index contributed by atoms with van der Waals surface area (Å²) in [6.45, 7) is 2.07. The van der Waals surface area contributed by atoms with Crippen LogP contribution in [0.1, 0.15) is 32.6 Å². The van der Waals surface area contributed by atoms with Crippen LogP contribution in [-0.2, 0) is 4.79 Å². The minimum absolute atomic E-state index is 0.00699. The van der Waals surface area contributed by atoms with E-state index in [1.165, 1.54) is 0 Å². The minimum Gasteiger partial charge on any atom is -0.385 e. The number of hydrogen-bond acceptors (Lipinski definition) is 3. The molecule has 3 heteroatoms. The predicted octanol–water partition coefficient (Wildman–Crippen LogP) is 0.487. The molecule has 0 aromatic rings. The van der Waals surface area contributed by atoms with Gasteiger partial charge in [0.05, 0.1) is 0 Å². The zero-order valence-electron chi connectivity index (χ0n) is 7.36. The monoisotopic (exact) mass is 172 g/mol. The number of ketones is 1. The van der Waals surface area contributed by atoms with Crippen LogP contribution in [0, 0.1) is 5.92 Å². The predicted molar refractivity (Wildman–Crippen MR) is 44.7 cm³/mol. The van der Waals surface area contributed by atoms with Gasteiger partial charge in [-0.05, 0) is 18.8 Å². The van der Waals surface area contributed by atoms with Crippen molar-refractivity contribution in [2.75, 3.05) is 0 Å². The molecule has 0 heterocycles. The summed E-state index contributed by atoms with van der Waals surface area (Å²) in [6.07, 6.45) is 1.55. The number of Topliss-reactive ketones (excluding diaryl/α,β-unsaturated/α-hetero) is 1. The van der Waals surface area contributed by atoms with E-state index in [1.807, 2.05) is 0 Å². The quantitative estimate of drug-likeness (QED) is 0.651. The van der Waals surface area contributed by atoms with Crippen molar-refractivity contribution in [3.8, 4) is 0 Å². The Hall–Kier alpha value is -0.410. The SMILES string of the molecule is CCCCC1CC(O)C(=O)C1O. The van der Waals surface area contributed by atoms with Crippen LogP contribution in [-0.4, -0.2) is 28.2 Å². The Labute approximate surface area is 72.4 Å². The molecule has 1 fully saturated rings. The van der Waals surface area contributed by atoms with E-state index >= 15 is 0 Å². The lowest BCUT2D eigenvalue weighted by atomic mass is 9.99. The lowest BCUT2D eigenvalue weighted by Crippen LogP contribution is -2.24. The molecule has 0 aromatic carbocycles. The molecular formula is C9H16O3. The van der Waals surface area contributed by atoms with Gasteiger partial charge in [-0.3, -0.25) is 4.79 Å². The highest BCUT2D eigenvalue weighted by Crippen LogP contribution is 2.27. The van der Waals surface area contributed by atoms with E-state index in [0.29, 0.717) is 6.42 Å². The van der Waals surface area contributed by atoms with Gasteiger partial charge in [-0.25, -0.2) is 0 Å². The van der Waals surface area contributed by atoms with Gasteiger partial charge in [-0.1, -0.05) is 19.8 Å². The van der Waals surface area contributed by atoms with Crippen LogP contribution >= 0.6 is 0 Å². The Balaban J connectivity index is 2.42. The Kier molecular flexibility index (Phi) is 3.23. The van der Waals surface area contributed by atoms with Gasteiger partial charge in [0.15, 0.2) is 5.78 Å². The van der Waals surface area contributed by atoms with Crippen molar-refractivity contribution in [3.05, 3.63) is 0 Å². The Morgan fingerprint density at radius 3 is 2.58 bits per heavy atom. The first kappa shape index (κ1) is 9.68. The Bertz CT molecular complexity index is 167. The normalized spacial score (nSPS) is 35.9. The summed E-state index contributed by atoms with van der Waals surface area (Å²) in [4.78, 5) is 11.0. The Morgan fingerprint density at radius 1 is 1.50 bits per heavy atom. The smallest absolute Gasteiger partial charge is 0.189 e. The zero-order valence-corrected chi connectivity index (χ0v) is 7.36. The number of carbonyl (C=O) groups is 1. The van der Waals surface area contributed by atoms with Crippen molar-refractivity contribution in [3.63, 3.8) is 0 Å². The highest BCUT2D eigenvalue weighted by atomic mass is 16.3. The van der Waals surface area contributed by atoms with Gasteiger partial charge < -0.3 is 10.2 Å². The maximum atomic E-state index is 11.0. The van der Waals surface area contributed by atoms with Gasteiger partial charge in [0.25, 0.3) is 0 Å². The second-order valence-corrected chi connectivity index (χ2v) is 3.50. The van der Waals surface area contributed by atoms with Gasteiger partial charge in [-0.2, -0.15) is 0 Å². The molecule has 0 radical (unpaired) electrons. The first-order valence-corrected chi connectivity index (χ1v) is 4.56. The van der Waals surface area contributed by atoms with Gasteiger partial charge in [0, 0.05) is 0 Å². The molecule has 1 saturated carbocycles. The van der Waals surface area contributed by atoms with E-state index in [9.17, 15) is 9.90 Å². The van der Waals surface area contributed by atoms with E-state index in [2.05, 4.69) is 6.92 Å². The van der Waals surface area contributed by atoms with Crippen LogP contribution < -0.4 is 0 Å². The van der Waals surface area contributed by atoms with Crippen molar-refractivity contribution >= 4 is 5.78 Å². The van der Waals surface area contributed by atoms with Crippen LogP contribution in [0.25, 0.3) is 0 Å². The van der Waals surface area contributed by atoms with Gasteiger partial charge in [-0.15, -0.1) is 0 Å². The molecule has 0 amide bonds. The minimum atomic E-state index is -0.915. The molecule has 0 bridgehead atoms. The van der Waals surface area contributed by atoms with Crippen LogP contribution in [0.3, 0.4) is 0 Å². The molecule has 1 rings (SSSR count). The van der Waals surface area contributed by atoms with Crippen LogP contribution in [0.2, 0.25) is 0 Å². The largest absolute Gasteiger partial charge is 0.385 e. The lowest BCUT2D eigenvalue weighted by molar-refractivity contribution is -0.131.